The van der Waals surface area contributed by atoms with Crippen molar-refractivity contribution in [2.75, 3.05) is 0 Å². The summed E-state index contributed by atoms with van der Waals surface area (Å²) in [6.45, 7) is 0. The molecule has 0 aliphatic carbocycles. The summed E-state index contributed by atoms with van der Waals surface area (Å²) in [4.78, 5) is 10.7. The Morgan fingerprint density at radius 3 is 2.14 bits per heavy atom. The van der Waals surface area contributed by atoms with E-state index in [1.807, 2.05) is 0 Å². The van der Waals surface area contributed by atoms with E-state index in [1.165, 1.54) is 0 Å². The van der Waals surface area contributed by atoms with E-state index in [-0.39, 0.29) is 19.5 Å². The van der Waals surface area contributed by atoms with E-state index in [0.29, 0.717) is 0 Å². The van der Waals surface area contributed by atoms with Crippen molar-refractivity contribution < 1.29 is 14.3 Å². The summed E-state index contributed by atoms with van der Waals surface area (Å²) in [5.74, 6) is -2.29. The van der Waals surface area contributed by atoms with E-state index in [4.69, 9.17) is 28.3 Å². The fraction of sp³-hybridized carbons (Fsp3) is 0. The van der Waals surface area contributed by atoms with Crippen LogP contribution < -0.4 is 0 Å². The Balaban J connectivity index is 3.68. The topological polar surface area (TPSA) is 37.3 Å². The van der Waals surface area contributed by atoms with E-state index in [9.17, 15) is 9.18 Å². The van der Waals surface area contributed by atoms with Crippen LogP contribution in [0.4, 0.5) is 4.39 Å². The summed E-state index contributed by atoms with van der Waals surface area (Å²) in [5.41, 5.74) is -0.361. The molecule has 0 spiro atoms. The molecule has 14 heavy (non-hydrogen) atoms. The van der Waals surface area contributed by atoms with Crippen molar-refractivity contribution in [2.24, 2.45) is 0 Å². The number of aromatic carboxylic acids is 1. The number of benzene rings is 1. The van der Waals surface area contributed by atoms with Crippen LogP contribution in [-0.4, -0.2) is 11.1 Å². The van der Waals surface area contributed by atoms with Crippen molar-refractivity contribution in [3.8, 4) is 0 Å². The van der Waals surface area contributed by atoms with Crippen molar-refractivity contribution in [3.63, 3.8) is 0 Å². The second-order valence-corrected chi connectivity index (χ2v) is 4.59. The predicted molar refractivity (Wildman–Crippen MR) is 58.8 cm³/mol. The number of carboxylic acids is 1. The number of rotatable bonds is 1. The lowest BCUT2D eigenvalue weighted by Crippen LogP contribution is -2.02. The number of carboxylic acid groups (broad SMARTS) is 1. The Hall–Kier alpha value is 0.160. The third-order valence-corrected chi connectivity index (χ3v) is 4.48. The standard InChI is InChI=1S/C7HBr2Cl2FO2/c8-2-1(7(13)14)4(10)6(12)5(11)3(2)9/h(H,13,14). The molecule has 0 aliphatic heterocycles. The Kier molecular flexibility index (Phi) is 3.80. The summed E-state index contributed by atoms with van der Waals surface area (Å²) in [6, 6.07) is 0. The van der Waals surface area contributed by atoms with Crippen molar-refractivity contribution >= 4 is 61.0 Å². The molecular formula is C7HBr2Cl2FO2. The van der Waals surface area contributed by atoms with Crippen LogP contribution in [0.25, 0.3) is 0 Å². The Morgan fingerprint density at radius 2 is 1.71 bits per heavy atom. The molecule has 7 heteroatoms. The van der Waals surface area contributed by atoms with Gasteiger partial charge in [0, 0.05) is 4.47 Å². The smallest absolute Gasteiger partial charge is 0.338 e. The molecule has 0 radical (unpaired) electrons. The largest absolute Gasteiger partial charge is 0.478 e. The lowest BCUT2D eigenvalue weighted by atomic mass is 10.2. The summed E-state index contributed by atoms with van der Waals surface area (Å²) in [5, 5.41) is 7.97. The van der Waals surface area contributed by atoms with Crippen LogP contribution in [-0.2, 0) is 0 Å². The molecule has 0 bridgehead atoms. The average molecular weight is 367 g/mol. The van der Waals surface area contributed by atoms with Crippen LogP contribution >= 0.6 is 55.1 Å². The van der Waals surface area contributed by atoms with Crippen LogP contribution in [0.15, 0.2) is 8.95 Å². The van der Waals surface area contributed by atoms with Gasteiger partial charge in [-0.05, 0) is 31.9 Å². The first-order chi connectivity index (χ1) is 6.37. The summed E-state index contributed by atoms with van der Waals surface area (Å²) in [6.07, 6.45) is 0. The molecule has 1 aromatic rings. The highest BCUT2D eigenvalue weighted by atomic mass is 79.9. The number of hydrogen-bond donors (Lipinski definition) is 1. The number of halogens is 5. The molecule has 0 atom stereocenters. The second-order valence-electron chi connectivity index (χ2n) is 2.25. The monoisotopic (exact) mass is 364 g/mol. The molecule has 0 unspecified atom stereocenters. The van der Waals surface area contributed by atoms with E-state index < -0.39 is 16.8 Å². The molecule has 0 aliphatic rings. The molecule has 0 saturated heterocycles. The van der Waals surface area contributed by atoms with Crippen molar-refractivity contribution in [2.45, 2.75) is 0 Å². The van der Waals surface area contributed by atoms with Crippen LogP contribution in [0.3, 0.4) is 0 Å². The minimum atomic E-state index is -1.34. The molecule has 76 valence electrons. The lowest BCUT2D eigenvalue weighted by Gasteiger charge is -2.07. The van der Waals surface area contributed by atoms with Crippen LogP contribution in [0.1, 0.15) is 10.4 Å². The number of hydrogen-bond acceptors (Lipinski definition) is 1. The normalized spacial score (nSPS) is 10.4. The highest BCUT2D eigenvalue weighted by Crippen LogP contribution is 2.40. The fourth-order valence-corrected chi connectivity index (χ4v) is 2.47. The molecule has 2 nitrogen and oxygen atoms in total. The van der Waals surface area contributed by atoms with Crippen molar-refractivity contribution in [3.05, 3.63) is 30.4 Å². The fourth-order valence-electron chi connectivity index (χ4n) is 0.793. The van der Waals surface area contributed by atoms with Crippen LogP contribution in [0, 0.1) is 5.82 Å². The van der Waals surface area contributed by atoms with E-state index in [0.717, 1.165) is 0 Å². The van der Waals surface area contributed by atoms with Gasteiger partial charge >= 0.3 is 5.97 Å². The van der Waals surface area contributed by atoms with Gasteiger partial charge in [0.2, 0.25) is 0 Å². The lowest BCUT2D eigenvalue weighted by molar-refractivity contribution is 0.0695. The Labute approximate surface area is 105 Å². The summed E-state index contributed by atoms with van der Waals surface area (Å²) >= 11 is 16.9. The molecule has 0 saturated carbocycles. The molecular weight excluding hydrogens is 366 g/mol. The van der Waals surface area contributed by atoms with Crippen LogP contribution in [0.5, 0.6) is 0 Å². The maximum Gasteiger partial charge on any atom is 0.338 e. The van der Waals surface area contributed by atoms with Gasteiger partial charge in [-0.3, -0.25) is 0 Å². The van der Waals surface area contributed by atoms with Gasteiger partial charge in [-0.2, -0.15) is 0 Å². The summed E-state index contributed by atoms with van der Waals surface area (Å²) in [7, 11) is 0. The molecule has 1 rings (SSSR count). The summed E-state index contributed by atoms with van der Waals surface area (Å²) < 4.78 is 13.5. The molecule has 0 heterocycles. The first-order valence-corrected chi connectivity index (χ1v) is 5.46. The minimum absolute atomic E-state index is 0.112. The quantitative estimate of drug-likeness (QED) is 0.592. The van der Waals surface area contributed by atoms with Gasteiger partial charge in [-0.15, -0.1) is 0 Å². The van der Waals surface area contributed by atoms with Gasteiger partial charge in [-0.25, -0.2) is 9.18 Å². The minimum Gasteiger partial charge on any atom is -0.478 e. The zero-order valence-corrected chi connectivity index (χ0v) is 10.9. The first kappa shape index (κ1) is 12.2. The third-order valence-electron chi connectivity index (χ3n) is 1.42. The Bertz CT molecular complexity index is 394. The maximum atomic E-state index is 13.2. The average Bonchev–Trinajstić information content (AvgIpc) is 2.11. The molecule has 0 aromatic heterocycles. The molecule has 1 N–H and O–H groups in total. The maximum absolute atomic E-state index is 13.2. The highest BCUT2D eigenvalue weighted by Gasteiger charge is 2.23. The zero-order valence-electron chi connectivity index (χ0n) is 6.25. The van der Waals surface area contributed by atoms with Gasteiger partial charge in [0.25, 0.3) is 0 Å². The van der Waals surface area contributed by atoms with Crippen molar-refractivity contribution in [1.82, 2.24) is 0 Å². The number of carbonyl (C=O) groups is 1. The van der Waals surface area contributed by atoms with Gasteiger partial charge in [-0.1, -0.05) is 23.2 Å². The SMILES string of the molecule is O=C(O)c1c(Cl)c(F)c(Cl)c(Br)c1Br. The molecule has 0 fully saturated rings. The van der Waals surface area contributed by atoms with E-state index in [2.05, 4.69) is 31.9 Å². The van der Waals surface area contributed by atoms with Gasteiger partial charge in [0.15, 0.2) is 5.82 Å². The van der Waals surface area contributed by atoms with Crippen molar-refractivity contribution in [1.29, 1.82) is 0 Å². The van der Waals surface area contributed by atoms with Gasteiger partial charge < -0.3 is 5.11 Å². The van der Waals surface area contributed by atoms with E-state index in [1.54, 1.807) is 0 Å². The highest BCUT2D eigenvalue weighted by molar-refractivity contribution is 9.13. The Morgan fingerprint density at radius 1 is 1.21 bits per heavy atom. The zero-order chi connectivity index (χ0) is 11.0. The molecule has 0 amide bonds. The third kappa shape index (κ3) is 1.91. The van der Waals surface area contributed by atoms with E-state index >= 15 is 0 Å². The first-order valence-electron chi connectivity index (χ1n) is 3.12. The van der Waals surface area contributed by atoms with Gasteiger partial charge in [0.1, 0.15) is 0 Å². The predicted octanol–water partition coefficient (Wildman–Crippen LogP) is 4.36. The van der Waals surface area contributed by atoms with Crippen LogP contribution in [0.2, 0.25) is 10.0 Å². The van der Waals surface area contributed by atoms with Gasteiger partial charge in [0.05, 0.1) is 20.1 Å². The molecule has 1 aromatic carbocycles. The second kappa shape index (κ2) is 4.35.